The van der Waals surface area contributed by atoms with Gasteiger partial charge in [-0.3, -0.25) is 0 Å². The van der Waals surface area contributed by atoms with E-state index >= 15 is 0 Å². The molecule has 0 aromatic heterocycles. The Morgan fingerprint density at radius 1 is 1.36 bits per heavy atom. The highest BCUT2D eigenvalue weighted by Crippen LogP contribution is 2.35. The van der Waals surface area contributed by atoms with E-state index in [1.807, 2.05) is 0 Å². The summed E-state index contributed by atoms with van der Waals surface area (Å²) in [5.41, 5.74) is 1.53. The molecule has 11 heavy (non-hydrogen) atoms. The average Bonchev–Trinajstić information content (AvgIpc) is 2.04. The molecule has 0 aliphatic carbocycles. The van der Waals surface area contributed by atoms with E-state index in [4.69, 9.17) is 11.1 Å². The molecule has 66 valence electrons. The average molecular weight is 207 g/mol. The highest BCUT2D eigenvalue weighted by Gasteiger charge is 2.34. The molecule has 0 radical (unpaired) electrons. The van der Waals surface area contributed by atoms with Crippen LogP contribution in [0.4, 0.5) is 0 Å². The van der Waals surface area contributed by atoms with Crippen LogP contribution in [0.25, 0.3) is 0 Å². The lowest BCUT2D eigenvalue weighted by atomic mass is 10.6. The minimum Gasteiger partial charge on any atom is -0.172 e. The van der Waals surface area contributed by atoms with Crippen molar-refractivity contribution in [3.8, 4) is 0 Å². The van der Waals surface area contributed by atoms with Crippen LogP contribution in [0.5, 0.6) is 0 Å². The van der Waals surface area contributed by atoms with E-state index in [1.54, 1.807) is 6.04 Å². The van der Waals surface area contributed by atoms with Gasteiger partial charge in [-0.1, -0.05) is 44.1 Å². The smallest absolute Gasteiger partial charge is 0.138 e. The van der Waals surface area contributed by atoms with E-state index < -0.39 is 16.2 Å². The molecule has 1 fully saturated rings. The van der Waals surface area contributed by atoms with Crippen molar-refractivity contribution in [3.63, 3.8) is 0 Å². The molecule has 1 aliphatic rings. The Labute approximate surface area is 77.7 Å². The molecule has 1 rings (SSSR count). The van der Waals surface area contributed by atoms with E-state index in [0.717, 1.165) is 0 Å². The lowest BCUT2D eigenvalue weighted by molar-refractivity contribution is 0.969. The van der Waals surface area contributed by atoms with Crippen LogP contribution in [-0.4, -0.2) is 16.2 Å². The third-order valence-corrected chi connectivity index (χ3v) is 16.1. The van der Waals surface area contributed by atoms with Gasteiger partial charge in [-0.05, 0) is 6.04 Å². The normalized spacial score (nSPS) is 30.3. The fourth-order valence-electron chi connectivity index (χ4n) is 2.26. The SMILES string of the molecule is CC[Si]1(CC)CCC[SiH](Cl)C1. The monoisotopic (exact) mass is 206 g/mol. The van der Waals surface area contributed by atoms with Crippen molar-refractivity contribution in [3.05, 3.63) is 0 Å². The molecule has 0 amide bonds. The lowest BCUT2D eigenvalue weighted by Crippen LogP contribution is -2.39. The van der Waals surface area contributed by atoms with Gasteiger partial charge in [0.05, 0.1) is 8.07 Å². The minimum absolute atomic E-state index is 0.721. The third kappa shape index (κ3) is 2.33. The largest absolute Gasteiger partial charge is 0.172 e. The molecule has 0 N–H and O–H groups in total. The van der Waals surface area contributed by atoms with Crippen LogP contribution in [-0.2, 0) is 0 Å². The standard InChI is InChI=1S/C8H19ClSi2/c1-3-11(4-2)7-5-6-10(9)8-11/h10H,3-8H2,1-2H3. The van der Waals surface area contributed by atoms with Gasteiger partial charge in [0, 0.05) is 0 Å². The molecule has 0 bridgehead atoms. The molecular formula is C8H19ClSi2. The number of hydrogen-bond acceptors (Lipinski definition) is 0. The van der Waals surface area contributed by atoms with Crippen molar-refractivity contribution in [1.29, 1.82) is 0 Å². The fourth-order valence-corrected chi connectivity index (χ4v) is 16.6. The van der Waals surface area contributed by atoms with Gasteiger partial charge >= 0.3 is 0 Å². The van der Waals surface area contributed by atoms with Gasteiger partial charge in [-0.15, -0.1) is 0 Å². The van der Waals surface area contributed by atoms with Crippen LogP contribution < -0.4 is 0 Å². The van der Waals surface area contributed by atoms with Crippen molar-refractivity contribution in [2.24, 2.45) is 0 Å². The summed E-state index contributed by atoms with van der Waals surface area (Å²) in [6, 6.07) is 5.96. The van der Waals surface area contributed by atoms with E-state index in [-0.39, 0.29) is 0 Å². The maximum absolute atomic E-state index is 6.33. The summed E-state index contributed by atoms with van der Waals surface area (Å²) in [5, 5.41) is 0. The summed E-state index contributed by atoms with van der Waals surface area (Å²) >= 11 is 6.33. The van der Waals surface area contributed by atoms with Crippen molar-refractivity contribution in [2.75, 3.05) is 0 Å². The maximum atomic E-state index is 6.33. The van der Waals surface area contributed by atoms with Crippen molar-refractivity contribution in [1.82, 2.24) is 0 Å². The Morgan fingerprint density at radius 2 is 2.00 bits per heavy atom. The molecule has 1 atom stereocenters. The summed E-state index contributed by atoms with van der Waals surface area (Å²) in [4.78, 5) is 0. The Bertz CT molecular complexity index is 123. The van der Waals surface area contributed by atoms with Crippen LogP contribution in [0.2, 0.25) is 29.8 Å². The van der Waals surface area contributed by atoms with Crippen LogP contribution >= 0.6 is 11.1 Å². The van der Waals surface area contributed by atoms with Crippen LogP contribution in [0, 0.1) is 0 Å². The molecule has 0 spiro atoms. The number of rotatable bonds is 2. The van der Waals surface area contributed by atoms with Crippen LogP contribution in [0.15, 0.2) is 0 Å². The predicted octanol–water partition coefficient (Wildman–Crippen LogP) is 3.38. The van der Waals surface area contributed by atoms with Gasteiger partial charge in [-0.2, -0.15) is 11.1 Å². The molecule has 1 saturated heterocycles. The first-order valence-electron chi connectivity index (χ1n) is 4.86. The molecule has 0 nitrogen and oxygen atoms in total. The fraction of sp³-hybridized carbons (Fsp3) is 1.00. The van der Waals surface area contributed by atoms with Crippen LogP contribution in [0.1, 0.15) is 20.3 Å². The Morgan fingerprint density at radius 3 is 2.36 bits per heavy atom. The van der Waals surface area contributed by atoms with E-state index in [1.165, 1.54) is 30.2 Å². The first kappa shape index (κ1) is 9.81. The summed E-state index contributed by atoms with van der Waals surface area (Å²) in [6.45, 7) is 4.78. The van der Waals surface area contributed by atoms with Gasteiger partial charge in [0.25, 0.3) is 0 Å². The lowest BCUT2D eigenvalue weighted by Gasteiger charge is -2.35. The van der Waals surface area contributed by atoms with Gasteiger partial charge in [0.1, 0.15) is 8.11 Å². The molecule has 0 aromatic carbocycles. The first-order valence-corrected chi connectivity index (χ1v) is 11.1. The second-order valence-electron chi connectivity index (χ2n) is 3.90. The van der Waals surface area contributed by atoms with Crippen LogP contribution in [0.3, 0.4) is 0 Å². The van der Waals surface area contributed by atoms with E-state index in [2.05, 4.69) is 13.8 Å². The van der Waals surface area contributed by atoms with E-state index in [0.29, 0.717) is 0 Å². The quantitative estimate of drug-likeness (QED) is 0.480. The Kier molecular flexibility index (Phi) is 3.66. The summed E-state index contributed by atoms with van der Waals surface area (Å²) < 4.78 is 0. The summed E-state index contributed by atoms with van der Waals surface area (Å²) in [5.74, 6) is 0. The number of halogens is 1. The molecular weight excluding hydrogens is 188 g/mol. The molecule has 3 heteroatoms. The third-order valence-electron chi connectivity index (χ3n) is 3.38. The molecule has 1 unspecified atom stereocenters. The van der Waals surface area contributed by atoms with Gasteiger partial charge in [0.15, 0.2) is 0 Å². The zero-order valence-corrected chi connectivity index (χ0v) is 10.6. The highest BCUT2D eigenvalue weighted by atomic mass is 35.6. The second kappa shape index (κ2) is 4.10. The van der Waals surface area contributed by atoms with Gasteiger partial charge < -0.3 is 0 Å². The summed E-state index contributed by atoms with van der Waals surface area (Å²) in [6.07, 6.45) is 1.47. The topological polar surface area (TPSA) is 0 Å². The maximum Gasteiger partial charge on any atom is 0.138 e. The van der Waals surface area contributed by atoms with Crippen molar-refractivity contribution in [2.45, 2.75) is 50.1 Å². The van der Waals surface area contributed by atoms with Gasteiger partial charge in [0.2, 0.25) is 0 Å². The molecule has 1 aliphatic heterocycles. The zero-order valence-electron chi connectivity index (χ0n) is 7.70. The first-order chi connectivity index (χ1) is 5.22. The summed E-state index contributed by atoms with van der Waals surface area (Å²) in [7, 11) is -1.48. The van der Waals surface area contributed by atoms with Gasteiger partial charge in [-0.25, -0.2) is 0 Å². The van der Waals surface area contributed by atoms with E-state index in [9.17, 15) is 0 Å². The molecule has 1 heterocycles. The van der Waals surface area contributed by atoms with Crippen molar-refractivity contribution < 1.29 is 0 Å². The minimum atomic E-state index is -0.764. The predicted molar refractivity (Wildman–Crippen MR) is 58.8 cm³/mol. The zero-order chi connectivity index (χ0) is 8.32. The molecule has 0 saturated carbocycles. The Hall–Kier alpha value is 0.724. The Balaban J connectivity index is 2.52. The van der Waals surface area contributed by atoms with Crippen molar-refractivity contribution >= 4 is 27.3 Å². The highest BCUT2D eigenvalue weighted by molar-refractivity contribution is 7.13. The number of hydrogen-bond donors (Lipinski definition) is 0. The molecule has 0 aromatic rings. The second-order valence-corrected chi connectivity index (χ2v) is 14.1.